The van der Waals surface area contributed by atoms with Gasteiger partial charge in [-0.3, -0.25) is 4.21 Å². The molecular weight excluding hydrogens is 194 g/mol. The zero-order chi connectivity index (χ0) is 11.0. The second-order valence-corrected chi connectivity index (χ2v) is 5.68. The first kappa shape index (κ1) is 14.1. The number of nitrogens with one attached hydrogen (secondary N) is 1. The molecule has 0 bridgehead atoms. The summed E-state index contributed by atoms with van der Waals surface area (Å²) >= 11 is 0. The fourth-order valence-electron chi connectivity index (χ4n) is 1.67. The Morgan fingerprint density at radius 1 is 1.21 bits per heavy atom. The topological polar surface area (TPSA) is 29.1 Å². The quantitative estimate of drug-likeness (QED) is 0.635. The van der Waals surface area contributed by atoms with Crippen LogP contribution in [0.15, 0.2) is 0 Å². The lowest BCUT2D eigenvalue weighted by Gasteiger charge is -2.18. The molecule has 1 N–H and O–H groups in total. The first-order valence-electron chi connectivity index (χ1n) is 5.62. The van der Waals surface area contributed by atoms with Crippen LogP contribution in [0.25, 0.3) is 0 Å². The van der Waals surface area contributed by atoms with Crippen molar-refractivity contribution in [2.75, 3.05) is 12.0 Å². The van der Waals surface area contributed by atoms with Crippen LogP contribution in [0, 0.1) is 0 Å². The minimum Gasteiger partial charge on any atom is -0.311 e. The molecule has 0 aliphatic rings. The van der Waals surface area contributed by atoms with Gasteiger partial charge in [-0.05, 0) is 20.3 Å². The molecule has 3 unspecified atom stereocenters. The van der Waals surface area contributed by atoms with Gasteiger partial charge in [0.05, 0.1) is 0 Å². The van der Waals surface area contributed by atoms with Gasteiger partial charge in [0.15, 0.2) is 0 Å². The van der Waals surface area contributed by atoms with Crippen molar-refractivity contribution >= 4 is 10.8 Å². The maximum absolute atomic E-state index is 11.0. The second-order valence-electron chi connectivity index (χ2n) is 4.20. The monoisotopic (exact) mass is 219 g/mol. The molecule has 3 heteroatoms. The van der Waals surface area contributed by atoms with E-state index in [0.717, 1.165) is 5.75 Å². The van der Waals surface area contributed by atoms with Crippen molar-refractivity contribution in [1.82, 2.24) is 5.32 Å². The lowest BCUT2D eigenvalue weighted by Crippen LogP contribution is -2.37. The highest BCUT2D eigenvalue weighted by Gasteiger charge is 2.07. The largest absolute Gasteiger partial charge is 0.311 e. The second kappa shape index (κ2) is 8.42. The van der Waals surface area contributed by atoms with Crippen molar-refractivity contribution in [3.63, 3.8) is 0 Å². The average molecular weight is 219 g/mol. The summed E-state index contributed by atoms with van der Waals surface area (Å²) < 4.78 is 11.0. The average Bonchev–Trinajstić information content (AvgIpc) is 2.02. The van der Waals surface area contributed by atoms with Gasteiger partial charge in [0.25, 0.3) is 0 Å². The van der Waals surface area contributed by atoms with Crippen molar-refractivity contribution < 1.29 is 4.21 Å². The molecule has 2 nitrogen and oxygen atoms in total. The van der Waals surface area contributed by atoms with Crippen molar-refractivity contribution in [1.29, 1.82) is 0 Å². The predicted octanol–water partition coefficient (Wildman–Crippen LogP) is 2.31. The molecule has 0 aromatic heterocycles. The highest BCUT2D eigenvalue weighted by Crippen LogP contribution is 2.03. The fraction of sp³-hybridized carbons (Fsp3) is 1.00. The summed E-state index contributed by atoms with van der Waals surface area (Å²) in [6.07, 6.45) is 6.89. The van der Waals surface area contributed by atoms with Crippen LogP contribution in [0.2, 0.25) is 0 Å². The maximum Gasteiger partial charge on any atom is 0.0383 e. The van der Waals surface area contributed by atoms with Crippen LogP contribution in [-0.2, 0) is 10.8 Å². The molecule has 3 atom stereocenters. The van der Waals surface area contributed by atoms with E-state index in [2.05, 4.69) is 26.1 Å². The molecule has 0 rings (SSSR count). The molecular formula is C11H25NOS. The first-order valence-corrected chi connectivity index (χ1v) is 7.35. The van der Waals surface area contributed by atoms with E-state index < -0.39 is 10.8 Å². The first-order chi connectivity index (χ1) is 6.56. The number of unbranched alkanes of at least 4 members (excludes halogenated alkanes) is 2. The van der Waals surface area contributed by atoms with Crippen LogP contribution in [0.1, 0.15) is 46.5 Å². The number of rotatable bonds is 8. The van der Waals surface area contributed by atoms with Crippen LogP contribution >= 0.6 is 0 Å². The summed E-state index contributed by atoms with van der Waals surface area (Å²) in [5, 5.41) is 3.48. The van der Waals surface area contributed by atoms with Crippen LogP contribution < -0.4 is 5.32 Å². The zero-order valence-electron chi connectivity index (χ0n) is 10.0. The Morgan fingerprint density at radius 3 is 2.36 bits per heavy atom. The van der Waals surface area contributed by atoms with Gasteiger partial charge in [0, 0.05) is 34.9 Å². The third-order valence-corrected chi connectivity index (χ3v) is 3.26. The summed E-state index contributed by atoms with van der Waals surface area (Å²) in [6.45, 7) is 6.55. The van der Waals surface area contributed by atoms with Gasteiger partial charge in [-0.2, -0.15) is 0 Å². The van der Waals surface area contributed by atoms with E-state index in [0.29, 0.717) is 12.1 Å². The maximum atomic E-state index is 11.0. The Bertz CT molecular complexity index is 161. The lowest BCUT2D eigenvalue weighted by atomic mass is 10.1. The fourth-order valence-corrected chi connectivity index (χ4v) is 2.47. The summed E-state index contributed by atoms with van der Waals surface area (Å²) in [5.74, 6) is 0.762. The van der Waals surface area contributed by atoms with Crippen molar-refractivity contribution in [3.05, 3.63) is 0 Å². The van der Waals surface area contributed by atoms with Crippen molar-refractivity contribution in [3.8, 4) is 0 Å². The van der Waals surface area contributed by atoms with E-state index in [1.54, 1.807) is 6.26 Å². The van der Waals surface area contributed by atoms with E-state index in [1.807, 2.05) is 0 Å². The SMILES string of the molecule is CCCCCC(C)NC(C)CS(C)=O. The van der Waals surface area contributed by atoms with Gasteiger partial charge in [0.1, 0.15) is 0 Å². The highest BCUT2D eigenvalue weighted by atomic mass is 32.2. The molecule has 0 saturated carbocycles. The molecule has 14 heavy (non-hydrogen) atoms. The van der Waals surface area contributed by atoms with Crippen LogP contribution in [-0.4, -0.2) is 28.3 Å². The van der Waals surface area contributed by atoms with Gasteiger partial charge < -0.3 is 5.32 Å². The summed E-state index contributed by atoms with van der Waals surface area (Å²) in [5.41, 5.74) is 0. The van der Waals surface area contributed by atoms with Crippen LogP contribution in [0.4, 0.5) is 0 Å². The number of hydrogen-bond donors (Lipinski definition) is 1. The summed E-state index contributed by atoms with van der Waals surface area (Å²) in [6, 6.07) is 0.928. The van der Waals surface area contributed by atoms with Gasteiger partial charge >= 0.3 is 0 Å². The normalized spacial score (nSPS) is 17.7. The standard InChI is InChI=1S/C11H25NOS/c1-5-6-7-8-10(2)12-11(3)9-14(4)13/h10-12H,5-9H2,1-4H3. The third-order valence-electron chi connectivity index (χ3n) is 2.29. The Balaban J connectivity index is 3.49. The van der Waals surface area contributed by atoms with Gasteiger partial charge in [0.2, 0.25) is 0 Å². The number of hydrogen-bond acceptors (Lipinski definition) is 2. The van der Waals surface area contributed by atoms with Gasteiger partial charge in [-0.1, -0.05) is 26.2 Å². The van der Waals surface area contributed by atoms with E-state index in [-0.39, 0.29) is 0 Å². The smallest absolute Gasteiger partial charge is 0.0383 e. The summed E-state index contributed by atoms with van der Waals surface area (Å²) in [4.78, 5) is 0. The minimum atomic E-state index is -0.682. The molecule has 0 aliphatic heterocycles. The van der Waals surface area contributed by atoms with Crippen molar-refractivity contribution in [2.24, 2.45) is 0 Å². The predicted molar refractivity (Wildman–Crippen MR) is 65.1 cm³/mol. The molecule has 86 valence electrons. The van der Waals surface area contributed by atoms with E-state index in [1.165, 1.54) is 25.7 Å². The molecule has 0 radical (unpaired) electrons. The molecule has 0 amide bonds. The molecule has 0 aromatic carbocycles. The Labute approximate surface area is 91.3 Å². The van der Waals surface area contributed by atoms with Gasteiger partial charge in [-0.15, -0.1) is 0 Å². The van der Waals surface area contributed by atoms with Crippen LogP contribution in [0.3, 0.4) is 0 Å². The van der Waals surface area contributed by atoms with Crippen LogP contribution in [0.5, 0.6) is 0 Å². The highest BCUT2D eigenvalue weighted by molar-refractivity contribution is 7.84. The Morgan fingerprint density at radius 2 is 1.86 bits per heavy atom. The van der Waals surface area contributed by atoms with E-state index in [9.17, 15) is 4.21 Å². The van der Waals surface area contributed by atoms with E-state index in [4.69, 9.17) is 0 Å². The lowest BCUT2D eigenvalue weighted by molar-refractivity contribution is 0.450. The van der Waals surface area contributed by atoms with Gasteiger partial charge in [-0.25, -0.2) is 0 Å². The Hall–Kier alpha value is 0.110. The minimum absolute atomic E-state index is 0.373. The third kappa shape index (κ3) is 8.70. The van der Waals surface area contributed by atoms with E-state index >= 15 is 0 Å². The molecule has 0 aliphatic carbocycles. The molecule has 0 aromatic rings. The molecule has 0 heterocycles. The molecule has 0 saturated heterocycles. The summed E-state index contributed by atoms with van der Waals surface area (Å²) in [7, 11) is -0.682. The molecule has 0 fully saturated rings. The molecule has 0 spiro atoms. The van der Waals surface area contributed by atoms with Crippen molar-refractivity contribution in [2.45, 2.75) is 58.5 Å². The Kier molecular flexibility index (Phi) is 8.49. The zero-order valence-corrected chi connectivity index (χ0v) is 10.8.